The molecule has 9 heteroatoms. The number of aliphatic carboxylic acids is 1. The first-order chi connectivity index (χ1) is 15.9. The van der Waals surface area contributed by atoms with E-state index in [2.05, 4.69) is 15.6 Å². The highest BCUT2D eigenvalue weighted by atomic mass is 16.5. The Morgan fingerprint density at radius 3 is 2.21 bits per heavy atom. The highest BCUT2D eigenvalue weighted by Gasteiger charge is 2.29. The van der Waals surface area contributed by atoms with Crippen LogP contribution in [-0.4, -0.2) is 52.4 Å². The van der Waals surface area contributed by atoms with Crippen LogP contribution in [0, 0.1) is 0 Å². The van der Waals surface area contributed by atoms with E-state index in [1.807, 2.05) is 48.5 Å². The van der Waals surface area contributed by atoms with Crippen molar-refractivity contribution in [1.82, 2.24) is 10.3 Å². The second-order valence-corrected chi connectivity index (χ2v) is 7.42. The molecule has 4 rings (SSSR count). The Morgan fingerprint density at radius 2 is 1.58 bits per heavy atom. The molecule has 1 atom stereocenters. The molecule has 0 radical (unpaired) electrons. The number of ether oxygens (including phenoxy) is 1. The van der Waals surface area contributed by atoms with Crippen LogP contribution in [0.1, 0.15) is 27.5 Å². The molecule has 1 heterocycles. The van der Waals surface area contributed by atoms with Crippen LogP contribution in [0.15, 0.2) is 66.7 Å². The summed E-state index contributed by atoms with van der Waals surface area (Å²) in [7, 11) is 0. The SMILES string of the molecule is O=C(Nc1cccc(C(=O)NC[C@H](O)C(=O)O)n1)OCC1c2ccccc2-c2ccccc21. The summed E-state index contributed by atoms with van der Waals surface area (Å²) >= 11 is 0. The number of carboxylic acid groups (broad SMARTS) is 1. The van der Waals surface area contributed by atoms with Crippen LogP contribution in [0.25, 0.3) is 11.1 Å². The molecule has 1 aromatic heterocycles. The zero-order valence-electron chi connectivity index (χ0n) is 17.4. The van der Waals surface area contributed by atoms with E-state index in [-0.39, 0.29) is 24.0 Å². The van der Waals surface area contributed by atoms with Crippen LogP contribution in [0.5, 0.6) is 0 Å². The van der Waals surface area contributed by atoms with Gasteiger partial charge in [0.15, 0.2) is 6.10 Å². The van der Waals surface area contributed by atoms with Crippen molar-refractivity contribution < 1.29 is 29.3 Å². The maximum atomic E-state index is 12.4. The normalized spacial score (nSPS) is 12.9. The fourth-order valence-corrected chi connectivity index (χ4v) is 3.74. The lowest BCUT2D eigenvalue weighted by molar-refractivity contribution is -0.146. The molecule has 0 spiro atoms. The Bertz CT molecular complexity index is 1170. The highest BCUT2D eigenvalue weighted by Crippen LogP contribution is 2.44. The van der Waals surface area contributed by atoms with Crippen molar-refractivity contribution in [1.29, 1.82) is 0 Å². The molecule has 0 bridgehead atoms. The Kier molecular flexibility index (Phi) is 6.32. The quantitative estimate of drug-likeness (QED) is 0.437. The Morgan fingerprint density at radius 1 is 0.939 bits per heavy atom. The van der Waals surface area contributed by atoms with Crippen molar-refractivity contribution in [3.8, 4) is 11.1 Å². The summed E-state index contributed by atoms with van der Waals surface area (Å²) in [6, 6.07) is 20.4. The second kappa shape index (κ2) is 9.49. The molecule has 0 saturated carbocycles. The maximum absolute atomic E-state index is 12.4. The molecule has 1 aliphatic rings. The van der Waals surface area contributed by atoms with Crippen molar-refractivity contribution in [3.05, 3.63) is 83.6 Å². The van der Waals surface area contributed by atoms with Gasteiger partial charge in [0.25, 0.3) is 5.91 Å². The van der Waals surface area contributed by atoms with Gasteiger partial charge >= 0.3 is 12.1 Å². The summed E-state index contributed by atoms with van der Waals surface area (Å²) in [4.78, 5) is 39.2. The number of carbonyl (C=O) groups excluding carboxylic acids is 2. The lowest BCUT2D eigenvalue weighted by atomic mass is 9.98. The molecule has 2 amide bonds. The van der Waals surface area contributed by atoms with Gasteiger partial charge in [-0.25, -0.2) is 14.6 Å². The number of nitrogens with one attached hydrogen (secondary N) is 2. The van der Waals surface area contributed by atoms with E-state index < -0.39 is 30.6 Å². The Balaban J connectivity index is 1.38. The van der Waals surface area contributed by atoms with Gasteiger partial charge in [0, 0.05) is 5.92 Å². The zero-order valence-corrected chi connectivity index (χ0v) is 17.4. The minimum absolute atomic E-state index is 0.0518. The standard InChI is InChI=1S/C24H21N3O6/c28-20(23(30)31)12-25-22(29)19-10-5-11-21(26-19)27-24(32)33-13-18-16-8-3-1-6-14(16)15-7-2-4-9-17(15)18/h1-11,18,20,28H,12-13H2,(H,25,29)(H,30,31)(H,26,27,32)/t20-/m0/s1. The zero-order chi connectivity index (χ0) is 23.4. The van der Waals surface area contributed by atoms with Gasteiger partial charge in [0.05, 0.1) is 6.54 Å². The van der Waals surface area contributed by atoms with Crippen molar-refractivity contribution in [2.24, 2.45) is 0 Å². The minimum Gasteiger partial charge on any atom is -0.479 e. The van der Waals surface area contributed by atoms with E-state index in [0.29, 0.717) is 0 Å². The van der Waals surface area contributed by atoms with Gasteiger partial charge in [-0.1, -0.05) is 54.6 Å². The summed E-state index contributed by atoms with van der Waals surface area (Å²) in [6.07, 6.45) is -2.45. The number of aromatic nitrogens is 1. The number of anilines is 1. The first kappa shape index (κ1) is 22.0. The first-order valence-corrected chi connectivity index (χ1v) is 10.2. The smallest absolute Gasteiger partial charge is 0.412 e. The number of carboxylic acids is 1. The minimum atomic E-state index is -1.73. The van der Waals surface area contributed by atoms with Crippen LogP contribution in [0.4, 0.5) is 10.6 Å². The van der Waals surface area contributed by atoms with Crippen molar-refractivity contribution in [2.75, 3.05) is 18.5 Å². The van der Waals surface area contributed by atoms with E-state index in [9.17, 15) is 19.5 Å². The fraction of sp³-hybridized carbons (Fsp3) is 0.167. The predicted octanol–water partition coefficient (Wildman–Crippen LogP) is 2.62. The second-order valence-electron chi connectivity index (χ2n) is 7.42. The molecular weight excluding hydrogens is 426 g/mol. The van der Waals surface area contributed by atoms with Gasteiger partial charge in [0.2, 0.25) is 0 Å². The first-order valence-electron chi connectivity index (χ1n) is 10.2. The number of aliphatic hydroxyl groups is 1. The van der Waals surface area contributed by atoms with Crippen LogP contribution >= 0.6 is 0 Å². The average molecular weight is 447 g/mol. The molecule has 0 saturated heterocycles. The van der Waals surface area contributed by atoms with Crippen molar-refractivity contribution in [2.45, 2.75) is 12.0 Å². The van der Waals surface area contributed by atoms with Gasteiger partial charge in [-0.15, -0.1) is 0 Å². The number of carbonyl (C=O) groups is 3. The number of rotatable bonds is 7. The predicted molar refractivity (Wildman–Crippen MR) is 119 cm³/mol. The molecule has 1 aliphatic carbocycles. The third kappa shape index (κ3) is 4.83. The fourth-order valence-electron chi connectivity index (χ4n) is 3.74. The monoisotopic (exact) mass is 447 g/mol. The lowest BCUT2D eigenvalue weighted by Gasteiger charge is -2.14. The largest absolute Gasteiger partial charge is 0.479 e. The third-order valence-electron chi connectivity index (χ3n) is 5.30. The molecule has 3 aromatic rings. The molecule has 2 aromatic carbocycles. The van der Waals surface area contributed by atoms with E-state index in [4.69, 9.17) is 9.84 Å². The Labute approximate surface area is 189 Å². The maximum Gasteiger partial charge on any atom is 0.412 e. The van der Waals surface area contributed by atoms with E-state index in [1.54, 1.807) is 0 Å². The number of fused-ring (bicyclic) bond motifs is 3. The number of nitrogens with zero attached hydrogens (tertiary/aromatic N) is 1. The summed E-state index contributed by atoms with van der Waals surface area (Å²) in [5.41, 5.74) is 4.37. The number of pyridine rings is 1. The summed E-state index contributed by atoms with van der Waals surface area (Å²) in [5.74, 6) is -2.13. The summed E-state index contributed by atoms with van der Waals surface area (Å²) in [5, 5.41) is 22.7. The van der Waals surface area contributed by atoms with E-state index in [0.717, 1.165) is 22.3 Å². The van der Waals surface area contributed by atoms with E-state index >= 15 is 0 Å². The molecule has 168 valence electrons. The molecule has 0 fully saturated rings. The average Bonchev–Trinajstić information content (AvgIpc) is 3.15. The van der Waals surface area contributed by atoms with Crippen molar-refractivity contribution in [3.63, 3.8) is 0 Å². The molecule has 33 heavy (non-hydrogen) atoms. The highest BCUT2D eigenvalue weighted by molar-refractivity contribution is 5.93. The number of hydrogen-bond donors (Lipinski definition) is 4. The molecule has 0 aliphatic heterocycles. The molecule has 0 unspecified atom stereocenters. The summed E-state index contributed by atoms with van der Waals surface area (Å²) in [6.45, 7) is -0.340. The van der Waals surface area contributed by atoms with Crippen LogP contribution in [-0.2, 0) is 9.53 Å². The topological polar surface area (TPSA) is 138 Å². The van der Waals surface area contributed by atoms with Gasteiger partial charge in [-0.3, -0.25) is 10.1 Å². The van der Waals surface area contributed by atoms with Gasteiger partial charge in [-0.05, 0) is 34.4 Å². The van der Waals surface area contributed by atoms with Gasteiger partial charge < -0.3 is 20.3 Å². The van der Waals surface area contributed by atoms with Crippen LogP contribution in [0.2, 0.25) is 0 Å². The Hall–Kier alpha value is -4.24. The summed E-state index contributed by atoms with van der Waals surface area (Å²) < 4.78 is 5.46. The van der Waals surface area contributed by atoms with Crippen LogP contribution < -0.4 is 10.6 Å². The van der Waals surface area contributed by atoms with Gasteiger partial charge in [0.1, 0.15) is 18.1 Å². The van der Waals surface area contributed by atoms with Crippen molar-refractivity contribution >= 4 is 23.8 Å². The molecule has 9 nitrogen and oxygen atoms in total. The van der Waals surface area contributed by atoms with Gasteiger partial charge in [-0.2, -0.15) is 0 Å². The number of benzene rings is 2. The third-order valence-corrected chi connectivity index (χ3v) is 5.30. The van der Waals surface area contributed by atoms with Crippen LogP contribution in [0.3, 0.4) is 0 Å². The molecule has 4 N–H and O–H groups in total. The lowest BCUT2D eigenvalue weighted by Crippen LogP contribution is -2.36. The number of aliphatic hydroxyl groups excluding tert-OH is 1. The molecular formula is C24H21N3O6. The number of hydrogen-bond acceptors (Lipinski definition) is 6. The van der Waals surface area contributed by atoms with E-state index in [1.165, 1.54) is 18.2 Å². The number of amides is 2.